The van der Waals surface area contributed by atoms with Gasteiger partial charge in [-0.15, -0.1) is 0 Å². The number of nitrogens with two attached hydrogens (primary N) is 1. The van der Waals surface area contributed by atoms with Gasteiger partial charge in [-0.05, 0) is 41.2 Å². The van der Waals surface area contributed by atoms with Gasteiger partial charge in [0, 0.05) is 41.1 Å². The Morgan fingerprint density at radius 3 is 2.14 bits per heavy atom. The third-order valence-electron chi connectivity index (χ3n) is 6.22. The zero-order chi connectivity index (χ0) is 25.3. The standard InChI is InChI=1S/C28H31N5O2/c1-16(2)18-11-8-12-19(17(3)4)24(18)31-28(35)32-25-23(20-10-6-7-14-22(20)29)21-13-9-15-30-26(21)33(5)27(25)34/h6-17H,29H2,1-5H3,(H2,31,32,35). The van der Waals surface area contributed by atoms with Crippen LogP contribution in [-0.2, 0) is 7.05 Å². The predicted molar refractivity (Wildman–Crippen MR) is 144 cm³/mol. The molecule has 7 heteroatoms. The van der Waals surface area contributed by atoms with Gasteiger partial charge in [-0.2, -0.15) is 0 Å². The van der Waals surface area contributed by atoms with E-state index in [1.807, 2.05) is 42.5 Å². The first-order valence-electron chi connectivity index (χ1n) is 11.7. The number of hydrogen-bond acceptors (Lipinski definition) is 4. The molecule has 0 atom stereocenters. The number of para-hydroxylation sites is 2. The van der Waals surface area contributed by atoms with Crippen LogP contribution >= 0.6 is 0 Å². The molecule has 4 N–H and O–H groups in total. The highest BCUT2D eigenvalue weighted by atomic mass is 16.2. The predicted octanol–water partition coefficient (Wildman–Crippen LogP) is 6.07. The number of rotatable bonds is 5. The number of nitrogen functional groups attached to an aromatic ring is 1. The minimum Gasteiger partial charge on any atom is -0.398 e. The number of aromatic nitrogens is 2. The van der Waals surface area contributed by atoms with Crippen molar-refractivity contribution in [3.63, 3.8) is 0 Å². The number of benzene rings is 2. The molecule has 0 bridgehead atoms. The number of aryl methyl sites for hydroxylation is 1. The van der Waals surface area contributed by atoms with E-state index in [9.17, 15) is 9.59 Å². The highest BCUT2D eigenvalue weighted by molar-refractivity contribution is 6.09. The summed E-state index contributed by atoms with van der Waals surface area (Å²) in [5, 5.41) is 6.60. The van der Waals surface area contributed by atoms with Gasteiger partial charge in [0.15, 0.2) is 0 Å². The smallest absolute Gasteiger partial charge is 0.323 e. The average Bonchev–Trinajstić information content (AvgIpc) is 2.83. The van der Waals surface area contributed by atoms with Crippen molar-refractivity contribution in [1.82, 2.24) is 9.55 Å². The summed E-state index contributed by atoms with van der Waals surface area (Å²) in [6.45, 7) is 8.35. The van der Waals surface area contributed by atoms with E-state index in [4.69, 9.17) is 5.73 Å². The Morgan fingerprint density at radius 2 is 1.51 bits per heavy atom. The lowest BCUT2D eigenvalue weighted by atomic mass is 9.93. The molecular weight excluding hydrogens is 438 g/mol. The van der Waals surface area contributed by atoms with Crippen LogP contribution in [0.4, 0.5) is 21.9 Å². The first-order chi connectivity index (χ1) is 16.7. The SMILES string of the molecule is CC(C)c1cccc(C(C)C)c1NC(=O)Nc1c(-c2ccccc2N)c2cccnc2n(C)c1=O. The number of carbonyl (C=O) groups is 1. The van der Waals surface area contributed by atoms with E-state index in [0.717, 1.165) is 16.8 Å². The number of urea groups is 1. The van der Waals surface area contributed by atoms with E-state index in [1.165, 1.54) is 4.57 Å². The second kappa shape index (κ2) is 9.62. The maximum absolute atomic E-state index is 13.5. The van der Waals surface area contributed by atoms with E-state index in [0.29, 0.717) is 27.8 Å². The van der Waals surface area contributed by atoms with Gasteiger partial charge in [-0.1, -0.05) is 64.1 Å². The lowest BCUT2D eigenvalue weighted by Gasteiger charge is -2.21. The van der Waals surface area contributed by atoms with E-state index in [-0.39, 0.29) is 23.1 Å². The van der Waals surface area contributed by atoms with Crippen molar-refractivity contribution in [3.8, 4) is 11.1 Å². The van der Waals surface area contributed by atoms with Crippen LogP contribution in [0.15, 0.2) is 65.6 Å². The summed E-state index contributed by atoms with van der Waals surface area (Å²) >= 11 is 0. The number of anilines is 3. The molecule has 4 rings (SSSR count). The Hall–Kier alpha value is -4.13. The zero-order valence-electron chi connectivity index (χ0n) is 20.7. The van der Waals surface area contributed by atoms with Crippen molar-refractivity contribution in [1.29, 1.82) is 0 Å². The van der Waals surface area contributed by atoms with E-state index in [1.54, 1.807) is 25.4 Å². The molecule has 0 saturated carbocycles. The molecule has 2 heterocycles. The number of amides is 2. The maximum atomic E-state index is 13.5. The number of nitrogens with zero attached hydrogens (tertiary/aromatic N) is 2. The molecule has 0 fully saturated rings. The minimum absolute atomic E-state index is 0.150. The molecule has 0 unspecified atom stereocenters. The monoisotopic (exact) mass is 469 g/mol. The molecular formula is C28H31N5O2. The zero-order valence-corrected chi connectivity index (χ0v) is 20.7. The summed E-state index contributed by atoms with van der Waals surface area (Å²) in [6.07, 6.45) is 1.63. The normalized spacial score (nSPS) is 11.3. The van der Waals surface area contributed by atoms with Crippen molar-refractivity contribution in [2.75, 3.05) is 16.4 Å². The maximum Gasteiger partial charge on any atom is 0.323 e. The Kier molecular flexibility index (Phi) is 6.60. The van der Waals surface area contributed by atoms with Gasteiger partial charge in [0.25, 0.3) is 5.56 Å². The summed E-state index contributed by atoms with van der Waals surface area (Å²) in [5.41, 5.74) is 11.1. The van der Waals surface area contributed by atoms with E-state index >= 15 is 0 Å². The lowest BCUT2D eigenvalue weighted by molar-refractivity contribution is 0.262. The number of fused-ring (bicyclic) bond motifs is 1. The number of nitrogens with one attached hydrogen (secondary N) is 2. The molecule has 0 spiro atoms. The number of carbonyl (C=O) groups excluding carboxylic acids is 1. The highest BCUT2D eigenvalue weighted by Gasteiger charge is 2.22. The van der Waals surface area contributed by atoms with Crippen LogP contribution in [0.2, 0.25) is 0 Å². The largest absolute Gasteiger partial charge is 0.398 e. The summed E-state index contributed by atoms with van der Waals surface area (Å²) < 4.78 is 1.44. The van der Waals surface area contributed by atoms with Crippen molar-refractivity contribution in [2.45, 2.75) is 39.5 Å². The van der Waals surface area contributed by atoms with Crippen LogP contribution in [-0.4, -0.2) is 15.6 Å². The first kappa shape index (κ1) is 24.0. The Bertz CT molecular complexity index is 1440. The summed E-state index contributed by atoms with van der Waals surface area (Å²) in [5.74, 6) is 0.423. The van der Waals surface area contributed by atoms with Gasteiger partial charge in [0.05, 0.1) is 0 Å². The third kappa shape index (κ3) is 4.49. The molecule has 0 radical (unpaired) electrons. The average molecular weight is 470 g/mol. The minimum atomic E-state index is -0.490. The number of pyridine rings is 2. The summed E-state index contributed by atoms with van der Waals surface area (Å²) in [6, 6.07) is 16.5. The van der Waals surface area contributed by atoms with Crippen LogP contribution < -0.4 is 21.9 Å². The molecule has 2 amide bonds. The van der Waals surface area contributed by atoms with Crippen LogP contribution in [0, 0.1) is 0 Å². The molecule has 7 nitrogen and oxygen atoms in total. The molecule has 0 saturated heterocycles. The molecule has 0 aliphatic heterocycles. The van der Waals surface area contributed by atoms with E-state index < -0.39 is 6.03 Å². The summed E-state index contributed by atoms with van der Waals surface area (Å²) in [7, 11) is 1.64. The van der Waals surface area contributed by atoms with E-state index in [2.05, 4.69) is 43.3 Å². The molecule has 0 aliphatic carbocycles. The fourth-order valence-corrected chi connectivity index (χ4v) is 4.44. The van der Waals surface area contributed by atoms with Crippen molar-refractivity contribution in [3.05, 3.63) is 82.3 Å². The van der Waals surface area contributed by atoms with Crippen molar-refractivity contribution >= 4 is 34.1 Å². The molecule has 4 aromatic rings. The third-order valence-corrected chi connectivity index (χ3v) is 6.22. The first-order valence-corrected chi connectivity index (χ1v) is 11.7. The molecule has 2 aromatic carbocycles. The second-order valence-corrected chi connectivity index (χ2v) is 9.28. The topological polar surface area (TPSA) is 102 Å². The Morgan fingerprint density at radius 1 is 0.886 bits per heavy atom. The van der Waals surface area contributed by atoms with Crippen molar-refractivity contribution in [2.24, 2.45) is 7.05 Å². The van der Waals surface area contributed by atoms with Crippen molar-refractivity contribution < 1.29 is 4.79 Å². The van der Waals surface area contributed by atoms with Gasteiger partial charge in [-0.25, -0.2) is 9.78 Å². The van der Waals surface area contributed by atoms with Gasteiger partial charge in [0.2, 0.25) is 0 Å². The van der Waals surface area contributed by atoms with Crippen LogP contribution in [0.5, 0.6) is 0 Å². The quantitative estimate of drug-likeness (QED) is 0.309. The van der Waals surface area contributed by atoms with Crippen LogP contribution in [0.3, 0.4) is 0 Å². The number of hydrogen-bond donors (Lipinski definition) is 3. The lowest BCUT2D eigenvalue weighted by Crippen LogP contribution is -2.29. The molecule has 180 valence electrons. The van der Waals surface area contributed by atoms with Crippen LogP contribution in [0.1, 0.15) is 50.7 Å². The highest BCUT2D eigenvalue weighted by Crippen LogP contribution is 2.36. The van der Waals surface area contributed by atoms with Gasteiger partial charge in [-0.3, -0.25) is 9.36 Å². The molecule has 0 aliphatic rings. The molecule has 35 heavy (non-hydrogen) atoms. The Labute approximate surface area is 205 Å². The second-order valence-electron chi connectivity index (χ2n) is 9.28. The fourth-order valence-electron chi connectivity index (χ4n) is 4.44. The fraction of sp³-hybridized carbons (Fsp3) is 0.250. The van der Waals surface area contributed by atoms with Crippen LogP contribution in [0.25, 0.3) is 22.2 Å². The molecule has 2 aromatic heterocycles. The summed E-state index contributed by atoms with van der Waals surface area (Å²) in [4.78, 5) is 31.2. The van der Waals surface area contributed by atoms with Gasteiger partial charge in [0.1, 0.15) is 11.3 Å². The Balaban J connectivity index is 1.87. The van der Waals surface area contributed by atoms with Gasteiger partial charge >= 0.3 is 6.03 Å². The van der Waals surface area contributed by atoms with Gasteiger partial charge < -0.3 is 16.4 Å².